The first kappa shape index (κ1) is 20.5. The van der Waals surface area contributed by atoms with E-state index >= 15 is 0 Å². The molecule has 0 saturated carbocycles. The molecule has 29 heavy (non-hydrogen) atoms. The number of hydrogen-bond acceptors (Lipinski definition) is 2. The SMILES string of the molecule is [Fe+2].c1cc[cH-]c1.c1ccc(-c2cc(-c3ccc[cH-]3)nn2Cc2ccccn2)cc1. The summed E-state index contributed by atoms with van der Waals surface area (Å²) in [5, 5.41) is 4.80. The molecule has 0 unspecified atom stereocenters. The van der Waals surface area contributed by atoms with Gasteiger partial charge in [-0.05, 0) is 17.7 Å². The van der Waals surface area contributed by atoms with Crippen LogP contribution in [0.5, 0.6) is 0 Å². The molecule has 0 aliphatic heterocycles. The first-order chi connectivity index (χ1) is 13.9. The van der Waals surface area contributed by atoms with Gasteiger partial charge in [0, 0.05) is 11.9 Å². The van der Waals surface area contributed by atoms with Crippen molar-refractivity contribution in [3.05, 3.63) is 121 Å². The molecule has 3 aromatic carbocycles. The summed E-state index contributed by atoms with van der Waals surface area (Å²) >= 11 is 0. The Morgan fingerprint density at radius 3 is 2.21 bits per heavy atom. The van der Waals surface area contributed by atoms with Gasteiger partial charge in [0.2, 0.25) is 0 Å². The Morgan fingerprint density at radius 1 is 0.793 bits per heavy atom. The Kier molecular flexibility index (Phi) is 7.34. The van der Waals surface area contributed by atoms with Crippen LogP contribution in [0.4, 0.5) is 0 Å². The van der Waals surface area contributed by atoms with Gasteiger partial charge in [0.25, 0.3) is 0 Å². The summed E-state index contributed by atoms with van der Waals surface area (Å²) in [6.07, 6.45) is 1.82. The van der Waals surface area contributed by atoms with Crippen molar-refractivity contribution < 1.29 is 17.1 Å². The summed E-state index contributed by atoms with van der Waals surface area (Å²) in [7, 11) is 0. The Morgan fingerprint density at radius 2 is 1.59 bits per heavy atom. The largest absolute Gasteiger partial charge is 2.00 e. The van der Waals surface area contributed by atoms with E-state index in [9.17, 15) is 0 Å². The van der Waals surface area contributed by atoms with E-state index in [1.165, 1.54) is 0 Å². The molecule has 0 spiro atoms. The monoisotopic (exact) mass is 419 g/mol. The molecule has 0 atom stereocenters. The van der Waals surface area contributed by atoms with Crippen molar-refractivity contribution in [2.45, 2.75) is 6.54 Å². The molecule has 5 rings (SSSR count). The third-order valence-electron chi connectivity index (χ3n) is 4.40. The average Bonchev–Trinajstić information content (AvgIpc) is 3.52. The maximum absolute atomic E-state index is 4.80. The molecule has 2 heterocycles. The van der Waals surface area contributed by atoms with Gasteiger partial charge < -0.3 is 0 Å². The number of rotatable bonds is 4. The first-order valence-corrected chi connectivity index (χ1v) is 9.32. The van der Waals surface area contributed by atoms with Crippen molar-refractivity contribution in [1.82, 2.24) is 14.8 Å². The van der Waals surface area contributed by atoms with Crippen LogP contribution in [0.25, 0.3) is 22.5 Å². The fraction of sp³-hybridized carbons (Fsp3) is 0.0400. The third kappa shape index (κ3) is 5.41. The average molecular weight is 419 g/mol. The van der Waals surface area contributed by atoms with E-state index in [1.807, 2.05) is 77.6 Å². The Bertz CT molecular complexity index is 1050. The fourth-order valence-corrected chi connectivity index (χ4v) is 3.03. The van der Waals surface area contributed by atoms with Crippen molar-refractivity contribution in [3.8, 4) is 22.5 Å². The maximum Gasteiger partial charge on any atom is 2.00 e. The minimum absolute atomic E-state index is 0. The zero-order valence-electron chi connectivity index (χ0n) is 15.9. The van der Waals surface area contributed by atoms with Gasteiger partial charge in [-0.1, -0.05) is 42.5 Å². The molecule has 0 amide bonds. The molecule has 4 heteroatoms. The number of hydrogen-bond donors (Lipinski definition) is 0. The minimum Gasteiger partial charge on any atom is -0.268 e. The molecule has 0 N–H and O–H groups in total. The van der Waals surface area contributed by atoms with Gasteiger partial charge in [-0.15, -0.1) is 11.6 Å². The van der Waals surface area contributed by atoms with Crippen LogP contribution in [-0.4, -0.2) is 14.8 Å². The molecule has 3 nitrogen and oxygen atoms in total. The minimum atomic E-state index is 0. The zero-order chi connectivity index (χ0) is 19.0. The number of benzene rings is 1. The van der Waals surface area contributed by atoms with Crippen LogP contribution in [0.2, 0.25) is 0 Å². The van der Waals surface area contributed by atoms with Crippen molar-refractivity contribution in [2.24, 2.45) is 0 Å². The van der Waals surface area contributed by atoms with Gasteiger partial charge in [-0.3, -0.25) is 9.67 Å². The molecular weight excluding hydrogens is 398 g/mol. The van der Waals surface area contributed by atoms with Crippen molar-refractivity contribution in [3.63, 3.8) is 0 Å². The van der Waals surface area contributed by atoms with Gasteiger partial charge in [0.05, 0.1) is 17.9 Å². The number of pyridine rings is 1. The van der Waals surface area contributed by atoms with Crippen LogP contribution in [-0.2, 0) is 23.6 Å². The number of nitrogens with zero attached hydrogens (tertiary/aromatic N) is 3. The van der Waals surface area contributed by atoms with Gasteiger partial charge in [0.1, 0.15) is 0 Å². The summed E-state index contributed by atoms with van der Waals surface area (Å²) in [4.78, 5) is 4.42. The van der Waals surface area contributed by atoms with Crippen molar-refractivity contribution >= 4 is 0 Å². The molecular formula is C25H21FeN3. The predicted octanol–water partition coefficient (Wildman–Crippen LogP) is 5.78. The molecule has 0 aliphatic carbocycles. The second kappa shape index (κ2) is 10.4. The van der Waals surface area contributed by atoms with E-state index in [1.54, 1.807) is 0 Å². The van der Waals surface area contributed by atoms with Crippen LogP contribution >= 0.6 is 0 Å². The Balaban J connectivity index is 0.000000352. The molecule has 5 aromatic rings. The van der Waals surface area contributed by atoms with E-state index in [-0.39, 0.29) is 17.1 Å². The standard InChI is InChI=1S/C20H16N3.C5H5.Fe/c1-2-10-17(11-3-1)20-14-19(16-8-4-5-9-16)22-23(20)15-18-12-6-7-13-21-18;1-2-4-5-3-1;/h1-14H,15H2;1-5H;/q2*-1;+2. The number of aromatic nitrogens is 3. The predicted molar refractivity (Wildman–Crippen MR) is 114 cm³/mol. The smallest absolute Gasteiger partial charge is 0.268 e. The molecule has 0 saturated heterocycles. The van der Waals surface area contributed by atoms with E-state index in [4.69, 9.17) is 5.10 Å². The molecule has 0 bridgehead atoms. The third-order valence-corrected chi connectivity index (χ3v) is 4.40. The summed E-state index contributed by atoms with van der Waals surface area (Å²) in [5.74, 6) is 0. The van der Waals surface area contributed by atoms with E-state index < -0.39 is 0 Å². The summed E-state index contributed by atoms with van der Waals surface area (Å²) < 4.78 is 2.03. The van der Waals surface area contributed by atoms with Crippen LogP contribution in [0.3, 0.4) is 0 Å². The van der Waals surface area contributed by atoms with Gasteiger partial charge >= 0.3 is 17.1 Å². The Hall–Kier alpha value is -3.20. The quantitative estimate of drug-likeness (QED) is 0.273. The molecule has 0 radical (unpaired) electrons. The normalized spacial score (nSPS) is 9.93. The van der Waals surface area contributed by atoms with Crippen LogP contribution in [0.15, 0.2) is 115 Å². The van der Waals surface area contributed by atoms with Gasteiger partial charge in [-0.2, -0.15) is 36.4 Å². The zero-order valence-corrected chi connectivity index (χ0v) is 17.0. The topological polar surface area (TPSA) is 30.7 Å². The Labute approximate surface area is 181 Å². The van der Waals surface area contributed by atoms with E-state index in [0.29, 0.717) is 6.54 Å². The molecule has 0 fully saturated rings. The first-order valence-electron chi connectivity index (χ1n) is 9.32. The molecule has 0 aliphatic rings. The van der Waals surface area contributed by atoms with Crippen molar-refractivity contribution in [2.75, 3.05) is 0 Å². The van der Waals surface area contributed by atoms with Crippen molar-refractivity contribution in [1.29, 1.82) is 0 Å². The van der Waals surface area contributed by atoms with Crippen LogP contribution < -0.4 is 0 Å². The second-order valence-electron chi connectivity index (χ2n) is 6.40. The van der Waals surface area contributed by atoms with Crippen LogP contribution in [0, 0.1) is 0 Å². The van der Waals surface area contributed by atoms with Crippen LogP contribution in [0.1, 0.15) is 5.69 Å². The van der Waals surface area contributed by atoms with Gasteiger partial charge in [0.15, 0.2) is 0 Å². The molecule has 144 valence electrons. The van der Waals surface area contributed by atoms with E-state index in [0.717, 1.165) is 28.2 Å². The summed E-state index contributed by atoms with van der Waals surface area (Å²) in [5.41, 5.74) is 5.40. The molecule has 2 aromatic heterocycles. The maximum atomic E-state index is 4.80. The summed E-state index contributed by atoms with van der Waals surface area (Å²) in [6.45, 7) is 0.659. The summed E-state index contributed by atoms with van der Waals surface area (Å²) in [6, 6.07) is 36.7. The fourth-order valence-electron chi connectivity index (χ4n) is 3.03. The second-order valence-corrected chi connectivity index (χ2v) is 6.40. The van der Waals surface area contributed by atoms with Gasteiger partial charge in [-0.25, -0.2) is 17.2 Å². The van der Waals surface area contributed by atoms with E-state index in [2.05, 4.69) is 47.4 Å².